The van der Waals surface area contributed by atoms with Gasteiger partial charge in [0.2, 0.25) is 23.6 Å². The van der Waals surface area contributed by atoms with Crippen LogP contribution >= 0.6 is 34.3 Å². The van der Waals surface area contributed by atoms with Crippen molar-refractivity contribution in [1.29, 1.82) is 0 Å². The van der Waals surface area contributed by atoms with Gasteiger partial charge in [-0.25, -0.2) is 19.9 Å². The van der Waals surface area contributed by atoms with Gasteiger partial charge in [-0.2, -0.15) is 0 Å². The van der Waals surface area contributed by atoms with Gasteiger partial charge in [0.15, 0.2) is 5.13 Å². The predicted octanol–water partition coefficient (Wildman–Crippen LogP) is 8.26. The highest BCUT2D eigenvalue weighted by Crippen LogP contribution is 2.31. The first-order valence-electron chi connectivity index (χ1n) is 27.9. The van der Waals surface area contributed by atoms with Crippen molar-refractivity contribution in [2.24, 2.45) is 5.41 Å². The van der Waals surface area contributed by atoms with Gasteiger partial charge >= 0.3 is 0 Å². The van der Waals surface area contributed by atoms with Gasteiger partial charge < -0.3 is 55.3 Å². The maximum absolute atomic E-state index is 14.0. The molecule has 2 saturated heterocycles. The van der Waals surface area contributed by atoms with Gasteiger partial charge in [0.1, 0.15) is 34.4 Å². The van der Waals surface area contributed by atoms with Crippen molar-refractivity contribution < 1.29 is 43.3 Å². The van der Waals surface area contributed by atoms with E-state index in [9.17, 15) is 29.1 Å². The number of nitrogens with one attached hydrogen (secondary N) is 4. The molecule has 81 heavy (non-hydrogen) atoms. The highest BCUT2D eigenvalue weighted by molar-refractivity contribution is 7.17. The number of piperazine rings is 1. The highest BCUT2D eigenvalue weighted by Gasteiger charge is 2.44. The second kappa shape index (κ2) is 30.8. The summed E-state index contributed by atoms with van der Waals surface area (Å²) in [5.74, 6) is 0.786. The molecule has 5 heterocycles. The molecule has 20 nitrogen and oxygen atoms in total. The van der Waals surface area contributed by atoms with Gasteiger partial charge in [-0.05, 0) is 74.6 Å². The van der Waals surface area contributed by atoms with E-state index in [1.807, 2.05) is 94.4 Å². The number of halogens is 1. The monoisotopic (exact) mass is 1170 g/mol. The van der Waals surface area contributed by atoms with E-state index in [0.29, 0.717) is 111 Å². The Bertz CT molecular complexity index is 2850. The van der Waals surface area contributed by atoms with Crippen molar-refractivity contribution in [3.05, 3.63) is 92.8 Å². The number of nitrogens with zero attached hydrogens (tertiary/aromatic N) is 7. The number of likely N-dealkylation sites (tertiary alicyclic amines) is 1. The number of aryl methyl sites for hydroxylation is 3. The largest absolute Gasteiger partial charge is 0.391 e. The molecule has 3 atom stereocenters. The van der Waals surface area contributed by atoms with Crippen LogP contribution in [-0.4, -0.2) is 155 Å². The number of benzene rings is 2. The third kappa shape index (κ3) is 19.0. The highest BCUT2D eigenvalue weighted by atomic mass is 35.5. The molecule has 0 spiro atoms. The van der Waals surface area contributed by atoms with E-state index in [-0.39, 0.29) is 55.5 Å². The Labute approximate surface area is 488 Å². The summed E-state index contributed by atoms with van der Waals surface area (Å²) in [6.45, 7) is 17.1. The second-order valence-corrected chi connectivity index (χ2v) is 23.8. The zero-order valence-electron chi connectivity index (χ0n) is 47.4. The molecule has 5 amide bonds. The summed E-state index contributed by atoms with van der Waals surface area (Å²) < 4.78 is 17.1. The fourth-order valence-electron chi connectivity index (χ4n) is 9.51. The van der Waals surface area contributed by atoms with Crippen LogP contribution in [-0.2, 0) is 39.9 Å². The number of thiazole rings is 2. The van der Waals surface area contributed by atoms with Crippen LogP contribution in [0, 0.1) is 26.2 Å². The lowest BCUT2D eigenvalue weighted by Gasteiger charge is -2.35. The molecule has 7 rings (SSSR count). The van der Waals surface area contributed by atoms with E-state index in [1.54, 1.807) is 17.4 Å². The van der Waals surface area contributed by atoms with E-state index in [0.717, 1.165) is 65.2 Å². The number of ether oxygens (including phenoxy) is 3. The lowest BCUT2D eigenvalue weighted by Crippen LogP contribution is -2.57. The molecule has 2 fully saturated rings. The van der Waals surface area contributed by atoms with Crippen molar-refractivity contribution in [3.63, 3.8) is 0 Å². The Morgan fingerprint density at radius 2 is 1.51 bits per heavy atom. The topological polar surface area (TPSA) is 243 Å². The van der Waals surface area contributed by atoms with Gasteiger partial charge in [0, 0.05) is 77.8 Å². The van der Waals surface area contributed by atoms with E-state index in [4.69, 9.17) is 25.8 Å². The van der Waals surface area contributed by atoms with Gasteiger partial charge in [0.25, 0.3) is 5.91 Å². The molecule has 2 aliphatic rings. The summed E-state index contributed by atoms with van der Waals surface area (Å²) in [6.07, 6.45) is 6.26. The van der Waals surface area contributed by atoms with Gasteiger partial charge in [-0.3, -0.25) is 24.0 Å². The van der Waals surface area contributed by atoms with Gasteiger partial charge in [-0.1, -0.05) is 92.9 Å². The van der Waals surface area contributed by atoms with Crippen molar-refractivity contribution in [2.45, 2.75) is 124 Å². The molecule has 0 bridgehead atoms. The number of aliphatic hydroxyl groups is 1. The summed E-state index contributed by atoms with van der Waals surface area (Å²) in [4.78, 5) is 91.5. The van der Waals surface area contributed by atoms with Crippen molar-refractivity contribution in [2.75, 3.05) is 87.9 Å². The van der Waals surface area contributed by atoms with E-state index in [1.165, 1.54) is 22.4 Å². The summed E-state index contributed by atoms with van der Waals surface area (Å²) in [6, 6.07) is 13.5. The number of amides is 5. The fraction of sp³-hybridized carbons (Fsp3) is 0.534. The summed E-state index contributed by atoms with van der Waals surface area (Å²) in [5.41, 5.74) is 5.54. The minimum atomic E-state index is -0.878. The lowest BCUT2D eigenvalue weighted by atomic mass is 9.85. The quantitative estimate of drug-likeness (QED) is 0.0283. The van der Waals surface area contributed by atoms with Crippen LogP contribution in [0.1, 0.15) is 111 Å². The van der Waals surface area contributed by atoms with Crippen molar-refractivity contribution in [1.82, 2.24) is 40.4 Å². The molecule has 438 valence electrons. The van der Waals surface area contributed by atoms with Crippen LogP contribution in [0.5, 0.6) is 0 Å². The standard InChI is InChI=1S/C58H78ClN11O9S2/c1-38-14-13-15-44(59)51(38)67-55(75)46-35-61-57(81-46)65-47-33-48(64-40(3)63-47)68-22-24-69(25-23-68)50(73)17-10-8-12-27-78-29-31-79-30-28-77-26-11-7-9-16-49(72)66-53(58(4,5)6)56(76)70-36-43(71)32-45(70)54(74)60-34-41-18-20-42(21-19-41)52-39(2)62-37-80-52/h13-15,18-21,33,35,37,43,45,53,71H,7-12,16-17,22-32,34,36H2,1-6H3,(H,60,74)(H,66,72)(H,67,75)(H,61,63,64,65)/t43-,45+,53-/m1/s1. The number of para-hydroxylation sites is 1. The Morgan fingerprint density at radius 1 is 0.827 bits per heavy atom. The molecule has 0 aliphatic carbocycles. The third-order valence-electron chi connectivity index (χ3n) is 14.0. The van der Waals surface area contributed by atoms with Crippen molar-refractivity contribution >= 4 is 86.3 Å². The number of unbranched alkanes of at least 4 members (excludes halogenated alkanes) is 4. The van der Waals surface area contributed by atoms with E-state index >= 15 is 0 Å². The number of hydrogen-bond donors (Lipinski definition) is 5. The average Bonchev–Trinajstić information content (AvgIpc) is 4.22. The number of β-amino-alcohol motifs (C(OH)–C–C–N with tert-alkyl or cyclic N) is 1. The van der Waals surface area contributed by atoms with Crippen molar-refractivity contribution in [3.8, 4) is 10.4 Å². The number of anilines is 4. The van der Waals surface area contributed by atoms with Crippen LogP contribution in [0.2, 0.25) is 5.02 Å². The second-order valence-electron chi connectivity index (χ2n) is 21.5. The summed E-state index contributed by atoms with van der Waals surface area (Å²) in [5, 5.41) is 23.5. The fourth-order valence-corrected chi connectivity index (χ4v) is 11.3. The predicted molar refractivity (Wildman–Crippen MR) is 316 cm³/mol. The number of carbonyl (C=O) groups is 5. The van der Waals surface area contributed by atoms with Crippen LogP contribution in [0.4, 0.5) is 22.5 Å². The first-order chi connectivity index (χ1) is 38.9. The molecule has 5 N–H and O–H groups in total. The minimum Gasteiger partial charge on any atom is -0.391 e. The first-order valence-corrected chi connectivity index (χ1v) is 30.0. The number of carbonyl (C=O) groups excluding carboxylic acids is 5. The van der Waals surface area contributed by atoms with Crippen LogP contribution in [0.15, 0.2) is 60.2 Å². The van der Waals surface area contributed by atoms with E-state index in [2.05, 4.69) is 46.1 Å². The van der Waals surface area contributed by atoms with Gasteiger partial charge in [-0.15, -0.1) is 11.3 Å². The maximum Gasteiger partial charge on any atom is 0.267 e. The molecule has 3 aromatic heterocycles. The molecule has 0 radical (unpaired) electrons. The third-order valence-corrected chi connectivity index (χ3v) is 16.2. The zero-order chi connectivity index (χ0) is 57.9. The first kappa shape index (κ1) is 62.5. The molecule has 0 unspecified atom stereocenters. The normalized spacial score (nSPS) is 15.9. The number of rotatable bonds is 29. The SMILES string of the molecule is Cc1nc(Nc2ncc(C(=O)Nc3c(C)cccc3Cl)s2)cc(N2CCN(C(=O)CCCCCOCCOCCOCCCCCC(=O)N[C@H](C(=O)N3C[C@H](O)C[C@H]3C(=O)NCc3ccc(-c4scnc4C)cc3)C(C)(C)C)CC2)n1. The molecular formula is C58H78ClN11O9S2. The average molecular weight is 1170 g/mol. The number of hydrogen-bond acceptors (Lipinski definition) is 17. The Balaban J connectivity index is 0.675. The Morgan fingerprint density at radius 3 is 2.16 bits per heavy atom. The molecule has 5 aromatic rings. The Hall–Kier alpha value is -6.14. The molecule has 0 saturated carbocycles. The van der Waals surface area contributed by atoms with Gasteiger partial charge in [0.05, 0.1) is 65.5 Å². The lowest BCUT2D eigenvalue weighted by molar-refractivity contribution is -0.144. The molecule has 23 heteroatoms. The zero-order valence-corrected chi connectivity index (χ0v) is 49.8. The Kier molecular flexibility index (Phi) is 23.7. The van der Waals surface area contributed by atoms with Crippen LogP contribution in [0.25, 0.3) is 10.4 Å². The molecule has 2 aromatic carbocycles. The van der Waals surface area contributed by atoms with Crippen LogP contribution in [0.3, 0.4) is 0 Å². The molecular weight excluding hydrogens is 1090 g/mol. The number of aromatic nitrogens is 4. The summed E-state index contributed by atoms with van der Waals surface area (Å²) in [7, 11) is 0. The smallest absolute Gasteiger partial charge is 0.267 e. The molecule has 2 aliphatic heterocycles. The van der Waals surface area contributed by atoms with Crippen LogP contribution < -0.4 is 26.2 Å². The number of aliphatic hydroxyl groups excluding tert-OH is 1. The minimum absolute atomic E-state index is 0.0162. The maximum atomic E-state index is 14.0. The van der Waals surface area contributed by atoms with E-state index < -0.39 is 23.6 Å². The summed E-state index contributed by atoms with van der Waals surface area (Å²) >= 11 is 9.09.